The van der Waals surface area contributed by atoms with Crippen molar-refractivity contribution in [2.24, 2.45) is 10.9 Å². The van der Waals surface area contributed by atoms with E-state index in [1.165, 1.54) is 32.1 Å². The van der Waals surface area contributed by atoms with E-state index in [4.69, 9.17) is 4.74 Å². The van der Waals surface area contributed by atoms with Gasteiger partial charge in [-0.2, -0.15) is 0 Å². The summed E-state index contributed by atoms with van der Waals surface area (Å²) in [6.45, 7) is 13.6. The van der Waals surface area contributed by atoms with Crippen LogP contribution >= 0.6 is 0 Å². The Morgan fingerprint density at radius 3 is 2.58 bits per heavy atom. The Bertz CT molecular complexity index is 378. The molecule has 2 atom stereocenters. The fraction of sp³-hybridized carbons (Fsp3) is 0.947. The van der Waals surface area contributed by atoms with E-state index in [1.54, 1.807) is 0 Å². The van der Waals surface area contributed by atoms with Gasteiger partial charge in [-0.15, -0.1) is 0 Å². The highest BCUT2D eigenvalue weighted by atomic mass is 16.5. The van der Waals surface area contributed by atoms with Crippen LogP contribution < -0.4 is 10.6 Å². The van der Waals surface area contributed by atoms with E-state index >= 15 is 0 Å². The molecule has 1 aliphatic carbocycles. The number of guanidine groups is 1. The minimum Gasteiger partial charge on any atom is -0.377 e. The van der Waals surface area contributed by atoms with Gasteiger partial charge in [0.05, 0.1) is 12.7 Å². The minimum atomic E-state index is 0.335. The zero-order valence-electron chi connectivity index (χ0n) is 16.2. The van der Waals surface area contributed by atoms with E-state index in [-0.39, 0.29) is 0 Å². The third-order valence-electron chi connectivity index (χ3n) is 5.01. The van der Waals surface area contributed by atoms with Gasteiger partial charge < -0.3 is 20.3 Å². The number of nitrogens with one attached hydrogen (secondary N) is 2. The first-order valence-electron chi connectivity index (χ1n) is 10.0. The van der Waals surface area contributed by atoms with Gasteiger partial charge in [0.1, 0.15) is 0 Å². The Morgan fingerprint density at radius 1 is 1.21 bits per heavy atom. The number of ether oxygens (including phenoxy) is 1. The van der Waals surface area contributed by atoms with Crippen molar-refractivity contribution in [2.75, 3.05) is 32.8 Å². The van der Waals surface area contributed by atoms with E-state index < -0.39 is 0 Å². The molecule has 2 N–H and O–H groups in total. The van der Waals surface area contributed by atoms with E-state index in [2.05, 4.69) is 48.2 Å². The van der Waals surface area contributed by atoms with Gasteiger partial charge in [0.2, 0.25) is 0 Å². The smallest absolute Gasteiger partial charge is 0.191 e. The second-order valence-electron chi connectivity index (χ2n) is 7.54. The quantitative estimate of drug-likeness (QED) is 0.501. The molecule has 140 valence electrons. The van der Waals surface area contributed by atoms with Gasteiger partial charge in [-0.25, -0.2) is 0 Å². The van der Waals surface area contributed by atoms with Gasteiger partial charge in [-0.1, -0.05) is 13.3 Å². The van der Waals surface area contributed by atoms with Gasteiger partial charge in [0.15, 0.2) is 5.96 Å². The number of piperidine rings is 1. The highest BCUT2D eigenvalue weighted by molar-refractivity contribution is 5.80. The summed E-state index contributed by atoms with van der Waals surface area (Å²) in [4.78, 5) is 7.16. The standard InChI is InChI=1S/C19H38N4O/c1-5-7-16-14-18(16)22-19(20-6-2)21-17-8-10-23(11-9-17)12-13-24-15(3)4/h15-18H,5-14H2,1-4H3,(H2,20,21,22). The highest BCUT2D eigenvalue weighted by Crippen LogP contribution is 2.34. The van der Waals surface area contributed by atoms with E-state index in [0.29, 0.717) is 18.2 Å². The van der Waals surface area contributed by atoms with Crippen LogP contribution in [0, 0.1) is 5.92 Å². The topological polar surface area (TPSA) is 48.9 Å². The van der Waals surface area contributed by atoms with Crippen LogP contribution in [0.4, 0.5) is 0 Å². The van der Waals surface area contributed by atoms with Crippen LogP contribution in [0.1, 0.15) is 59.8 Å². The molecule has 2 rings (SSSR count). The summed E-state index contributed by atoms with van der Waals surface area (Å²) in [6, 6.07) is 1.20. The Balaban J connectivity index is 1.66. The molecule has 0 aromatic carbocycles. The van der Waals surface area contributed by atoms with Gasteiger partial charge in [-0.3, -0.25) is 4.99 Å². The van der Waals surface area contributed by atoms with Gasteiger partial charge in [0, 0.05) is 38.3 Å². The predicted molar refractivity (Wildman–Crippen MR) is 102 cm³/mol. The zero-order valence-corrected chi connectivity index (χ0v) is 16.2. The van der Waals surface area contributed by atoms with Crippen molar-refractivity contribution in [1.82, 2.24) is 15.5 Å². The summed E-state index contributed by atoms with van der Waals surface area (Å²) in [5, 5.41) is 7.30. The Labute approximate surface area is 148 Å². The van der Waals surface area contributed by atoms with Crippen molar-refractivity contribution < 1.29 is 4.74 Å². The molecule has 24 heavy (non-hydrogen) atoms. The van der Waals surface area contributed by atoms with E-state index in [0.717, 1.165) is 44.7 Å². The molecule has 0 aromatic rings. The van der Waals surface area contributed by atoms with Crippen molar-refractivity contribution in [3.63, 3.8) is 0 Å². The van der Waals surface area contributed by atoms with Crippen molar-refractivity contribution in [2.45, 2.75) is 78.0 Å². The maximum Gasteiger partial charge on any atom is 0.191 e. The van der Waals surface area contributed by atoms with Crippen LogP contribution in [0.3, 0.4) is 0 Å². The summed E-state index contributed by atoms with van der Waals surface area (Å²) in [5.74, 6) is 1.89. The number of likely N-dealkylation sites (tertiary alicyclic amines) is 1. The first kappa shape index (κ1) is 19.5. The Hall–Kier alpha value is -0.810. The number of nitrogens with zero attached hydrogens (tertiary/aromatic N) is 2. The van der Waals surface area contributed by atoms with Gasteiger partial charge in [0.25, 0.3) is 0 Å². The summed E-state index contributed by atoms with van der Waals surface area (Å²) in [6.07, 6.45) is 6.65. The normalized spacial score (nSPS) is 26.0. The average Bonchev–Trinajstić information content (AvgIpc) is 3.27. The fourth-order valence-corrected chi connectivity index (χ4v) is 3.49. The molecule has 1 saturated heterocycles. The summed E-state index contributed by atoms with van der Waals surface area (Å²) < 4.78 is 5.66. The van der Waals surface area contributed by atoms with Crippen LogP contribution in [-0.2, 0) is 4.74 Å². The molecule has 1 aliphatic heterocycles. The lowest BCUT2D eigenvalue weighted by Gasteiger charge is -2.33. The van der Waals surface area contributed by atoms with Crippen molar-refractivity contribution in [3.8, 4) is 0 Å². The molecule has 5 heteroatoms. The summed E-state index contributed by atoms with van der Waals surface area (Å²) >= 11 is 0. The molecule has 5 nitrogen and oxygen atoms in total. The molecular formula is C19H38N4O. The molecule has 1 saturated carbocycles. The van der Waals surface area contributed by atoms with Crippen LogP contribution in [-0.4, -0.2) is 61.8 Å². The first-order chi connectivity index (χ1) is 11.6. The van der Waals surface area contributed by atoms with Crippen molar-refractivity contribution in [3.05, 3.63) is 0 Å². The van der Waals surface area contributed by atoms with Gasteiger partial charge in [-0.05, 0) is 52.4 Å². The SMILES string of the molecule is CCCC1CC1NC(=NCC)NC1CCN(CCOC(C)C)CC1. The number of rotatable bonds is 9. The summed E-state index contributed by atoms with van der Waals surface area (Å²) in [7, 11) is 0. The largest absolute Gasteiger partial charge is 0.377 e. The van der Waals surface area contributed by atoms with E-state index in [1.807, 2.05) is 0 Å². The lowest BCUT2D eigenvalue weighted by atomic mass is 10.1. The first-order valence-corrected chi connectivity index (χ1v) is 10.0. The molecule has 0 bridgehead atoms. The predicted octanol–water partition coefficient (Wildman–Crippen LogP) is 2.62. The Kier molecular flexibility index (Phi) is 8.33. The second-order valence-corrected chi connectivity index (χ2v) is 7.54. The van der Waals surface area contributed by atoms with E-state index in [9.17, 15) is 0 Å². The average molecular weight is 339 g/mol. The maximum atomic E-state index is 5.66. The molecule has 0 aromatic heterocycles. The molecule has 2 fully saturated rings. The van der Waals surface area contributed by atoms with Crippen LogP contribution in [0.2, 0.25) is 0 Å². The monoisotopic (exact) mass is 338 g/mol. The number of aliphatic imine (C=N–C) groups is 1. The van der Waals surface area contributed by atoms with Crippen LogP contribution in [0.15, 0.2) is 4.99 Å². The highest BCUT2D eigenvalue weighted by Gasteiger charge is 2.36. The molecule has 2 aliphatic rings. The zero-order chi connectivity index (χ0) is 17.4. The summed E-state index contributed by atoms with van der Waals surface area (Å²) in [5.41, 5.74) is 0. The molecule has 0 amide bonds. The third kappa shape index (κ3) is 6.98. The Morgan fingerprint density at radius 2 is 1.96 bits per heavy atom. The number of hydrogen-bond donors (Lipinski definition) is 2. The molecule has 0 spiro atoms. The fourth-order valence-electron chi connectivity index (χ4n) is 3.49. The minimum absolute atomic E-state index is 0.335. The third-order valence-corrected chi connectivity index (χ3v) is 5.01. The number of hydrogen-bond acceptors (Lipinski definition) is 3. The molecule has 1 heterocycles. The molecular weight excluding hydrogens is 300 g/mol. The lowest BCUT2D eigenvalue weighted by Crippen LogP contribution is -2.49. The van der Waals surface area contributed by atoms with Gasteiger partial charge >= 0.3 is 0 Å². The second kappa shape index (κ2) is 10.2. The van der Waals surface area contributed by atoms with Crippen LogP contribution in [0.5, 0.6) is 0 Å². The molecule has 0 radical (unpaired) electrons. The van der Waals surface area contributed by atoms with Crippen LogP contribution in [0.25, 0.3) is 0 Å². The lowest BCUT2D eigenvalue weighted by molar-refractivity contribution is 0.0532. The molecule has 2 unspecified atom stereocenters. The maximum absolute atomic E-state index is 5.66. The van der Waals surface area contributed by atoms with Crippen molar-refractivity contribution in [1.29, 1.82) is 0 Å². The van der Waals surface area contributed by atoms with Crippen molar-refractivity contribution >= 4 is 5.96 Å².